The van der Waals surface area contributed by atoms with Crippen LogP contribution in [0.15, 0.2) is 42.9 Å². The van der Waals surface area contributed by atoms with Gasteiger partial charge in [-0.05, 0) is 43.5 Å². The summed E-state index contributed by atoms with van der Waals surface area (Å²) in [6.45, 7) is 5.31. The monoisotopic (exact) mass is 356 g/mol. The standard InChI is InChI=1S/C19H21ClN4O/c1-3-16-18(24-12-8-15(20)13-17(24)22-16)19(25)23(4-2)11-7-14-5-9-21-10-6-14/h5-6,8-10,12-13H,3-4,7,11H2,1-2H3. The first kappa shape index (κ1) is 17.4. The van der Waals surface area contributed by atoms with Gasteiger partial charge in [0.05, 0.1) is 5.69 Å². The number of rotatable bonds is 6. The number of halogens is 1. The molecule has 1 amide bonds. The molecular weight excluding hydrogens is 336 g/mol. The molecule has 3 aromatic rings. The van der Waals surface area contributed by atoms with Crippen LogP contribution in [0.2, 0.25) is 5.02 Å². The third-order valence-electron chi connectivity index (χ3n) is 4.29. The van der Waals surface area contributed by atoms with Gasteiger partial charge in [-0.3, -0.25) is 14.2 Å². The van der Waals surface area contributed by atoms with Crippen LogP contribution in [-0.4, -0.2) is 38.3 Å². The maximum atomic E-state index is 13.2. The lowest BCUT2D eigenvalue weighted by molar-refractivity contribution is 0.0758. The summed E-state index contributed by atoms with van der Waals surface area (Å²) in [5, 5.41) is 0.615. The number of fused-ring (bicyclic) bond motifs is 1. The maximum Gasteiger partial charge on any atom is 0.272 e. The van der Waals surface area contributed by atoms with Gasteiger partial charge in [0.1, 0.15) is 11.3 Å². The molecule has 0 unspecified atom stereocenters. The molecule has 3 aromatic heterocycles. The van der Waals surface area contributed by atoms with E-state index in [0.717, 1.165) is 12.1 Å². The van der Waals surface area contributed by atoms with Gasteiger partial charge < -0.3 is 4.90 Å². The Hall–Kier alpha value is -2.40. The van der Waals surface area contributed by atoms with Crippen LogP contribution >= 0.6 is 11.6 Å². The second-order valence-corrected chi connectivity index (χ2v) is 6.26. The molecule has 0 aliphatic rings. The van der Waals surface area contributed by atoms with Gasteiger partial charge in [-0.1, -0.05) is 18.5 Å². The van der Waals surface area contributed by atoms with Gasteiger partial charge in [0.15, 0.2) is 0 Å². The minimum Gasteiger partial charge on any atom is -0.337 e. The van der Waals surface area contributed by atoms with Gasteiger partial charge in [0.2, 0.25) is 0 Å². The predicted molar refractivity (Wildman–Crippen MR) is 99.1 cm³/mol. The first-order valence-corrected chi connectivity index (χ1v) is 8.86. The molecule has 6 heteroatoms. The van der Waals surface area contributed by atoms with Crippen LogP contribution in [0.4, 0.5) is 0 Å². The topological polar surface area (TPSA) is 50.5 Å². The molecule has 5 nitrogen and oxygen atoms in total. The van der Waals surface area contributed by atoms with E-state index in [1.165, 1.54) is 5.56 Å². The number of likely N-dealkylation sites (N-methyl/N-ethyl adjacent to an activating group) is 1. The first-order chi connectivity index (χ1) is 12.1. The molecule has 0 saturated heterocycles. The van der Waals surface area contributed by atoms with Gasteiger partial charge in [-0.15, -0.1) is 0 Å². The van der Waals surface area contributed by atoms with Crippen molar-refractivity contribution in [3.63, 3.8) is 0 Å². The summed E-state index contributed by atoms with van der Waals surface area (Å²) in [7, 11) is 0. The molecule has 3 rings (SSSR count). The zero-order valence-corrected chi connectivity index (χ0v) is 15.2. The van der Waals surface area contributed by atoms with Gasteiger partial charge in [-0.25, -0.2) is 4.98 Å². The number of nitrogens with zero attached hydrogens (tertiary/aromatic N) is 4. The Kier molecular flexibility index (Phi) is 5.34. The van der Waals surface area contributed by atoms with E-state index in [0.29, 0.717) is 35.9 Å². The minimum absolute atomic E-state index is 0.00299. The molecule has 0 saturated carbocycles. The summed E-state index contributed by atoms with van der Waals surface area (Å²) in [6.07, 6.45) is 6.86. The highest BCUT2D eigenvalue weighted by Crippen LogP contribution is 2.19. The molecule has 0 aliphatic heterocycles. The van der Waals surface area contributed by atoms with Crippen molar-refractivity contribution >= 4 is 23.2 Å². The van der Waals surface area contributed by atoms with E-state index in [-0.39, 0.29) is 5.91 Å². The van der Waals surface area contributed by atoms with Crippen LogP contribution in [-0.2, 0) is 12.8 Å². The molecule has 0 N–H and O–H groups in total. The van der Waals surface area contributed by atoms with E-state index in [2.05, 4.69) is 9.97 Å². The third-order valence-corrected chi connectivity index (χ3v) is 4.52. The summed E-state index contributed by atoms with van der Waals surface area (Å²) in [6, 6.07) is 7.52. The van der Waals surface area contributed by atoms with Crippen molar-refractivity contribution in [1.82, 2.24) is 19.3 Å². The number of carbonyl (C=O) groups excluding carboxylic acids is 1. The van der Waals surface area contributed by atoms with Gasteiger partial charge in [0, 0.05) is 42.8 Å². The fourth-order valence-electron chi connectivity index (χ4n) is 2.91. The van der Waals surface area contributed by atoms with Crippen molar-refractivity contribution in [3.8, 4) is 0 Å². The zero-order valence-electron chi connectivity index (χ0n) is 14.4. The van der Waals surface area contributed by atoms with Crippen LogP contribution in [0.1, 0.15) is 35.6 Å². The summed E-state index contributed by atoms with van der Waals surface area (Å²) < 4.78 is 1.84. The Balaban J connectivity index is 1.88. The molecule has 0 aromatic carbocycles. The van der Waals surface area contributed by atoms with E-state index in [9.17, 15) is 4.79 Å². The second kappa shape index (κ2) is 7.66. The molecule has 25 heavy (non-hydrogen) atoms. The first-order valence-electron chi connectivity index (χ1n) is 8.48. The highest BCUT2D eigenvalue weighted by molar-refractivity contribution is 6.30. The Morgan fingerprint density at radius 3 is 2.68 bits per heavy atom. The molecular formula is C19H21ClN4O. The Bertz CT molecular complexity index is 876. The molecule has 0 radical (unpaired) electrons. The Morgan fingerprint density at radius 1 is 1.24 bits per heavy atom. The van der Waals surface area contributed by atoms with E-state index in [4.69, 9.17) is 11.6 Å². The van der Waals surface area contributed by atoms with Gasteiger partial charge in [-0.2, -0.15) is 0 Å². The lowest BCUT2D eigenvalue weighted by Gasteiger charge is -2.21. The fourth-order valence-corrected chi connectivity index (χ4v) is 3.06. The molecule has 0 bridgehead atoms. The number of amides is 1. The fraction of sp³-hybridized carbons (Fsp3) is 0.316. The van der Waals surface area contributed by atoms with Crippen molar-refractivity contribution in [3.05, 3.63) is 64.8 Å². The van der Waals surface area contributed by atoms with Crippen molar-refractivity contribution in [2.75, 3.05) is 13.1 Å². The van der Waals surface area contributed by atoms with Crippen LogP contribution in [0, 0.1) is 0 Å². The molecule has 0 atom stereocenters. The van der Waals surface area contributed by atoms with E-state index in [1.807, 2.05) is 41.5 Å². The highest BCUT2D eigenvalue weighted by atomic mass is 35.5. The number of imidazole rings is 1. The van der Waals surface area contributed by atoms with Gasteiger partial charge >= 0.3 is 0 Å². The molecule has 3 heterocycles. The SMILES string of the molecule is CCc1nc2cc(Cl)ccn2c1C(=O)N(CC)CCc1ccncc1. The largest absolute Gasteiger partial charge is 0.337 e. The third kappa shape index (κ3) is 3.66. The van der Waals surface area contributed by atoms with Crippen LogP contribution in [0.5, 0.6) is 0 Å². The highest BCUT2D eigenvalue weighted by Gasteiger charge is 2.22. The Morgan fingerprint density at radius 2 is 2.00 bits per heavy atom. The second-order valence-electron chi connectivity index (χ2n) is 5.82. The molecule has 0 aliphatic carbocycles. The molecule has 0 fully saturated rings. The van der Waals surface area contributed by atoms with Crippen LogP contribution in [0.3, 0.4) is 0 Å². The average molecular weight is 357 g/mol. The van der Waals surface area contributed by atoms with Crippen LogP contribution < -0.4 is 0 Å². The molecule has 0 spiro atoms. The number of carbonyl (C=O) groups is 1. The lowest BCUT2D eigenvalue weighted by Crippen LogP contribution is -2.34. The minimum atomic E-state index is 0.00299. The maximum absolute atomic E-state index is 13.2. The van der Waals surface area contributed by atoms with Crippen molar-refractivity contribution in [2.24, 2.45) is 0 Å². The van der Waals surface area contributed by atoms with Crippen LogP contribution in [0.25, 0.3) is 5.65 Å². The lowest BCUT2D eigenvalue weighted by atomic mass is 10.1. The predicted octanol–water partition coefficient (Wildman–Crippen LogP) is 3.65. The van der Waals surface area contributed by atoms with E-state index >= 15 is 0 Å². The van der Waals surface area contributed by atoms with Crippen molar-refractivity contribution < 1.29 is 4.79 Å². The smallest absolute Gasteiger partial charge is 0.272 e. The number of aromatic nitrogens is 3. The number of hydrogen-bond donors (Lipinski definition) is 0. The number of hydrogen-bond acceptors (Lipinski definition) is 3. The Labute approximate surface area is 152 Å². The normalized spacial score (nSPS) is 11.0. The summed E-state index contributed by atoms with van der Waals surface area (Å²) >= 11 is 6.06. The average Bonchev–Trinajstić information content (AvgIpc) is 3.00. The summed E-state index contributed by atoms with van der Waals surface area (Å²) in [5.74, 6) is 0.00299. The quantitative estimate of drug-likeness (QED) is 0.677. The van der Waals surface area contributed by atoms with E-state index in [1.54, 1.807) is 24.5 Å². The number of aryl methyl sites for hydroxylation is 1. The van der Waals surface area contributed by atoms with Crippen molar-refractivity contribution in [1.29, 1.82) is 0 Å². The van der Waals surface area contributed by atoms with Crippen molar-refractivity contribution in [2.45, 2.75) is 26.7 Å². The zero-order chi connectivity index (χ0) is 17.8. The van der Waals surface area contributed by atoms with Gasteiger partial charge in [0.25, 0.3) is 5.91 Å². The van der Waals surface area contributed by atoms with E-state index < -0.39 is 0 Å². The number of pyridine rings is 2. The molecule has 130 valence electrons. The summed E-state index contributed by atoms with van der Waals surface area (Å²) in [5.41, 5.74) is 3.31. The summed E-state index contributed by atoms with van der Waals surface area (Å²) in [4.78, 5) is 23.6.